The highest BCUT2D eigenvalue weighted by Crippen LogP contribution is 2.29. The molecule has 2 nitrogen and oxygen atoms in total. The molecular formula is C15H22N2S. The lowest BCUT2D eigenvalue weighted by molar-refractivity contribution is 0.141. The van der Waals surface area contributed by atoms with Gasteiger partial charge >= 0.3 is 0 Å². The van der Waals surface area contributed by atoms with E-state index in [0.29, 0.717) is 11.0 Å². The first-order valence-electron chi connectivity index (χ1n) is 6.74. The maximum Gasteiger partial charge on any atom is 0.0746 e. The van der Waals surface area contributed by atoms with Crippen LogP contribution in [0.2, 0.25) is 0 Å². The lowest BCUT2D eigenvalue weighted by Crippen LogP contribution is -2.37. The molecule has 2 rings (SSSR count). The molecule has 0 amide bonds. The normalized spacial score (nSPS) is 19.6. The van der Waals surface area contributed by atoms with Crippen LogP contribution in [0, 0.1) is 5.92 Å². The number of nitrogens with two attached hydrogens (primary N) is 1. The van der Waals surface area contributed by atoms with Crippen molar-refractivity contribution >= 4 is 17.2 Å². The molecule has 0 aliphatic carbocycles. The van der Waals surface area contributed by atoms with Gasteiger partial charge in [0.25, 0.3) is 0 Å². The molecule has 1 unspecified atom stereocenters. The highest BCUT2D eigenvalue weighted by Gasteiger charge is 2.24. The largest absolute Gasteiger partial charge is 0.393 e. The Hall–Kier alpha value is -0.930. The van der Waals surface area contributed by atoms with Crippen molar-refractivity contribution in [3.63, 3.8) is 0 Å². The average molecular weight is 262 g/mol. The van der Waals surface area contributed by atoms with E-state index in [1.807, 2.05) is 0 Å². The van der Waals surface area contributed by atoms with Crippen molar-refractivity contribution in [2.24, 2.45) is 11.7 Å². The zero-order chi connectivity index (χ0) is 13.0. The van der Waals surface area contributed by atoms with E-state index in [1.54, 1.807) is 0 Å². The predicted octanol–water partition coefficient (Wildman–Crippen LogP) is 3.14. The van der Waals surface area contributed by atoms with Crippen LogP contribution < -0.4 is 5.73 Å². The van der Waals surface area contributed by atoms with E-state index in [4.69, 9.17) is 18.0 Å². The first-order valence-corrected chi connectivity index (χ1v) is 7.15. The van der Waals surface area contributed by atoms with E-state index in [0.717, 1.165) is 25.4 Å². The van der Waals surface area contributed by atoms with Gasteiger partial charge in [0, 0.05) is 12.5 Å². The minimum absolute atomic E-state index is 0.358. The molecule has 98 valence electrons. The first-order chi connectivity index (χ1) is 8.66. The number of likely N-dealkylation sites (tertiary alicyclic amines) is 1. The molecule has 0 radical (unpaired) electrons. The minimum atomic E-state index is 0.358. The molecule has 1 aliphatic rings. The standard InChI is InChI=1S/C15H22N2S/c1-12-7-9-17(10-8-12)14(11-15(16)18)13-5-3-2-4-6-13/h2-6,12,14H,7-11H2,1H3,(H2,16,18). The molecule has 0 aromatic heterocycles. The Labute approximate surface area is 115 Å². The summed E-state index contributed by atoms with van der Waals surface area (Å²) in [6.07, 6.45) is 3.34. The highest BCUT2D eigenvalue weighted by atomic mass is 32.1. The van der Waals surface area contributed by atoms with Gasteiger partial charge in [-0.1, -0.05) is 49.5 Å². The summed E-state index contributed by atoms with van der Waals surface area (Å²) in [5.74, 6) is 0.850. The summed E-state index contributed by atoms with van der Waals surface area (Å²) in [5, 5.41) is 0. The van der Waals surface area contributed by atoms with Crippen LogP contribution in [0.3, 0.4) is 0 Å². The van der Waals surface area contributed by atoms with Crippen LogP contribution in [0.4, 0.5) is 0 Å². The predicted molar refractivity (Wildman–Crippen MR) is 80.6 cm³/mol. The second-order valence-corrected chi connectivity index (χ2v) is 5.84. The Morgan fingerprint density at radius 2 is 1.94 bits per heavy atom. The number of hydrogen-bond donors (Lipinski definition) is 1. The van der Waals surface area contributed by atoms with Gasteiger partial charge in [0.2, 0.25) is 0 Å². The molecule has 0 bridgehead atoms. The zero-order valence-electron chi connectivity index (χ0n) is 11.0. The SMILES string of the molecule is CC1CCN(C(CC(N)=S)c2ccccc2)CC1. The molecular weight excluding hydrogens is 240 g/mol. The summed E-state index contributed by atoms with van der Waals surface area (Å²) in [6, 6.07) is 11.0. The Morgan fingerprint density at radius 3 is 2.50 bits per heavy atom. The van der Waals surface area contributed by atoms with Gasteiger partial charge in [-0.2, -0.15) is 0 Å². The van der Waals surface area contributed by atoms with Crippen LogP contribution in [-0.4, -0.2) is 23.0 Å². The lowest BCUT2D eigenvalue weighted by Gasteiger charge is -2.37. The quantitative estimate of drug-likeness (QED) is 0.845. The number of hydrogen-bond acceptors (Lipinski definition) is 2. The van der Waals surface area contributed by atoms with E-state index in [2.05, 4.69) is 42.2 Å². The van der Waals surface area contributed by atoms with E-state index in [1.165, 1.54) is 18.4 Å². The molecule has 1 aromatic carbocycles. The molecule has 1 aromatic rings. The monoisotopic (exact) mass is 262 g/mol. The Balaban J connectivity index is 2.12. The van der Waals surface area contributed by atoms with Crippen LogP contribution >= 0.6 is 12.2 Å². The molecule has 1 fully saturated rings. The number of rotatable bonds is 4. The first kappa shape index (κ1) is 13.5. The second kappa shape index (κ2) is 6.30. The summed E-state index contributed by atoms with van der Waals surface area (Å²) >= 11 is 5.12. The van der Waals surface area contributed by atoms with Gasteiger partial charge in [-0.05, 0) is 37.4 Å². The van der Waals surface area contributed by atoms with Crippen molar-refractivity contribution in [1.82, 2.24) is 4.90 Å². The smallest absolute Gasteiger partial charge is 0.0746 e. The maximum atomic E-state index is 5.77. The molecule has 1 saturated heterocycles. The van der Waals surface area contributed by atoms with Crippen molar-refractivity contribution < 1.29 is 0 Å². The number of thiocarbonyl (C=S) groups is 1. The van der Waals surface area contributed by atoms with Gasteiger partial charge in [-0.3, -0.25) is 4.90 Å². The van der Waals surface area contributed by atoms with E-state index >= 15 is 0 Å². The summed E-state index contributed by atoms with van der Waals surface area (Å²) in [5.41, 5.74) is 7.10. The summed E-state index contributed by atoms with van der Waals surface area (Å²) in [4.78, 5) is 3.15. The van der Waals surface area contributed by atoms with E-state index in [9.17, 15) is 0 Å². The van der Waals surface area contributed by atoms with Crippen LogP contribution in [0.25, 0.3) is 0 Å². The highest BCUT2D eigenvalue weighted by molar-refractivity contribution is 7.80. The summed E-state index contributed by atoms with van der Waals surface area (Å²) in [6.45, 7) is 4.65. The number of nitrogens with zero attached hydrogens (tertiary/aromatic N) is 1. The zero-order valence-corrected chi connectivity index (χ0v) is 11.8. The fourth-order valence-corrected chi connectivity index (χ4v) is 2.82. The fraction of sp³-hybridized carbons (Fsp3) is 0.533. The molecule has 3 heteroatoms. The summed E-state index contributed by atoms with van der Waals surface area (Å²) in [7, 11) is 0. The van der Waals surface area contributed by atoms with Crippen molar-refractivity contribution in [1.29, 1.82) is 0 Å². The minimum Gasteiger partial charge on any atom is -0.393 e. The van der Waals surface area contributed by atoms with Crippen molar-refractivity contribution in [2.75, 3.05) is 13.1 Å². The molecule has 18 heavy (non-hydrogen) atoms. The summed E-state index contributed by atoms with van der Waals surface area (Å²) < 4.78 is 0. The molecule has 1 atom stereocenters. The lowest BCUT2D eigenvalue weighted by atomic mass is 9.94. The van der Waals surface area contributed by atoms with E-state index in [-0.39, 0.29) is 0 Å². The maximum absolute atomic E-state index is 5.77. The topological polar surface area (TPSA) is 29.3 Å². The molecule has 1 aliphatic heterocycles. The third-order valence-corrected chi connectivity index (χ3v) is 4.00. The van der Waals surface area contributed by atoms with Gasteiger partial charge in [-0.15, -0.1) is 0 Å². The van der Waals surface area contributed by atoms with E-state index < -0.39 is 0 Å². The van der Waals surface area contributed by atoms with Gasteiger partial charge in [0.15, 0.2) is 0 Å². The van der Waals surface area contributed by atoms with Gasteiger partial charge < -0.3 is 5.73 Å². The molecule has 1 heterocycles. The van der Waals surface area contributed by atoms with Crippen LogP contribution in [-0.2, 0) is 0 Å². The third kappa shape index (κ3) is 3.53. The van der Waals surface area contributed by atoms with Crippen LogP contribution in [0.5, 0.6) is 0 Å². The molecule has 0 spiro atoms. The Kier molecular flexibility index (Phi) is 4.72. The van der Waals surface area contributed by atoms with Crippen molar-refractivity contribution in [3.8, 4) is 0 Å². The Bertz CT molecular complexity index is 383. The second-order valence-electron chi connectivity index (χ2n) is 5.32. The number of piperidine rings is 1. The van der Waals surface area contributed by atoms with Gasteiger partial charge in [0.1, 0.15) is 0 Å². The number of benzene rings is 1. The third-order valence-electron chi connectivity index (χ3n) is 3.84. The van der Waals surface area contributed by atoms with Gasteiger partial charge in [0.05, 0.1) is 4.99 Å². The average Bonchev–Trinajstić information content (AvgIpc) is 2.38. The van der Waals surface area contributed by atoms with Crippen molar-refractivity contribution in [2.45, 2.75) is 32.2 Å². The van der Waals surface area contributed by atoms with Crippen LogP contribution in [0.15, 0.2) is 30.3 Å². The molecule has 2 N–H and O–H groups in total. The Morgan fingerprint density at radius 1 is 1.33 bits per heavy atom. The van der Waals surface area contributed by atoms with Crippen molar-refractivity contribution in [3.05, 3.63) is 35.9 Å². The van der Waals surface area contributed by atoms with Gasteiger partial charge in [-0.25, -0.2) is 0 Å². The van der Waals surface area contributed by atoms with Crippen LogP contribution in [0.1, 0.15) is 37.8 Å². The molecule has 0 saturated carbocycles. The fourth-order valence-electron chi connectivity index (χ4n) is 2.66.